The van der Waals surface area contributed by atoms with Crippen molar-refractivity contribution in [3.05, 3.63) is 0 Å². The van der Waals surface area contributed by atoms with Crippen molar-refractivity contribution in [2.75, 3.05) is 46.4 Å². The van der Waals surface area contributed by atoms with Crippen molar-refractivity contribution < 1.29 is 5.11 Å². The third-order valence-corrected chi connectivity index (χ3v) is 3.52. The highest BCUT2D eigenvalue weighted by Crippen LogP contribution is 2.15. The van der Waals surface area contributed by atoms with Crippen LogP contribution in [0.5, 0.6) is 0 Å². The maximum Gasteiger partial charge on any atom is 0.191 e. The molecule has 0 rings (SSSR count). The van der Waals surface area contributed by atoms with E-state index in [4.69, 9.17) is 5.11 Å². The van der Waals surface area contributed by atoms with Gasteiger partial charge in [-0.25, -0.2) is 0 Å². The van der Waals surface area contributed by atoms with Crippen molar-refractivity contribution in [3.8, 4) is 0 Å². The minimum atomic E-state index is 0.248. The molecule has 0 fully saturated rings. The molecule has 1 atom stereocenters. The summed E-state index contributed by atoms with van der Waals surface area (Å²) in [6, 6.07) is 0. The van der Waals surface area contributed by atoms with Gasteiger partial charge in [0.25, 0.3) is 0 Å². The van der Waals surface area contributed by atoms with Gasteiger partial charge in [-0.3, -0.25) is 4.99 Å². The van der Waals surface area contributed by atoms with Crippen molar-refractivity contribution in [1.82, 2.24) is 15.5 Å². The number of nitrogens with one attached hydrogen (secondary N) is 2. The standard InChI is InChI=1S/C16H36N4O/c1-6-17-16(18-9-10-20(5)7-2)19-13-15(8-11-21)12-14(3)4/h14-15,21H,6-13H2,1-5H3,(H2,17,18,19). The first kappa shape index (κ1) is 20.2. The van der Waals surface area contributed by atoms with E-state index in [0.717, 1.165) is 51.5 Å². The number of rotatable bonds is 11. The minimum absolute atomic E-state index is 0.248. The van der Waals surface area contributed by atoms with Gasteiger partial charge < -0.3 is 20.6 Å². The quantitative estimate of drug-likeness (QED) is 0.400. The number of aliphatic imine (C=N–C) groups is 1. The molecule has 0 aliphatic carbocycles. The maximum absolute atomic E-state index is 9.16. The average molecular weight is 300 g/mol. The van der Waals surface area contributed by atoms with Crippen molar-refractivity contribution in [2.24, 2.45) is 16.8 Å². The van der Waals surface area contributed by atoms with E-state index in [1.54, 1.807) is 0 Å². The highest BCUT2D eigenvalue weighted by Gasteiger charge is 2.10. The predicted molar refractivity (Wildman–Crippen MR) is 91.8 cm³/mol. The van der Waals surface area contributed by atoms with Gasteiger partial charge >= 0.3 is 0 Å². The molecule has 0 saturated carbocycles. The van der Waals surface area contributed by atoms with Crippen LogP contribution in [0.1, 0.15) is 40.5 Å². The summed E-state index contributed by atoms with van der Waals surface area (Å²) in [4.78, 5) is 6.94. The Kier molecular flexibility index (Phi) is 12.4. The Morgan fingerprint density at radius 2 is 1.95 bits per heavy atom. The second-order valence-electron chi connectivity index (χ2n) is 6.05. The van der Waals surface area contributed by atoms with Crippen LogP contribution in [0.4, 0.5) is 0 Å². The number of aliphatic hydroxyl groups excluding tert-OH is 1. The van der Waals surface area contributed by atoms with Crippen LogP contribution < -0.4 is 10.6 Å². The average Bonchev–Trinajstić information content (AvgIpc) is 2.43. The molecule has 21 heavy (non-hydrogen) atoms. The normalized spacial score (nSPS) is 13.8. The summed E-state index contributed by atoms with van der Waals surface area (Å²) < 4.78 is 0. The summed E-state index contributed by atoms with van der Waals surface area (Å²) >= 11 is 0. The number of nitrogens with zero attached hydrogens (tertiary/aromatic N) is 2. The molecule has 0 aromatic rings. The van der Waals surface area contributed by atoms with Gasteiger partial charge in [0.15, 0.2) is 5.96 Å². The van der Waals surface area contributed by atoms with E-state index in [0.29, 0.717) is 11.8 Å². The fourth-order valence-electron chi connectivity index (χ4n) is 2.22. The highest BCUT2D eigenvalue weighted by molar-refractivity contribution is 5.79. The lowest BCUT2D eigenvalue weighted by Gasteiger charge is -2.19. The fraction of sp³-hybridized carbons (Fsp3) is 0.938. The SMILES string of the molecule is CCNC(=NCC(CCO)CC(C)C)NCCN(C)CC. The van der Waals surface area contributed by atoms with Crippen molar-refractivity contribution >= 4 is 5.96 Å². The molecular formula is C16H36N4O. The van der Waals surface area contributed by atoms with Crippen LogP contribution >= 0.6 is 0 Å². The van der Waals surface area contributed by atoms with Gasteiger partial charge in [0.1, 0.15) is 0 Å². The molecule has 5 nitrogen and oxygen atoms in total. The van der Waals surface area contributed by atoms with Crippen molar-refractivity contribution in [3.63, 3.8) is 0 Å². The summed E-state index contributed by atoms with van der Waals surface area (Å²) in [5, 5.41) is 15.8. The van der Waals surface area contributed by atoms with Gasteiger partial charge in [-0.1, -0.05) is 20.8 Å². The zero-order chi connectivity index (χ0) is 16.1. The number of hydrogen-bond acceptors (Lipinski definition) is 3. The topological polar surface area (TPSA) is 59.9 Å². The first-order valence-electron chi connectivity index (χ1n) is 8.34. The Morgan fingerprint density at radius 3 is 2.48 bits per heavy atom. The van der Waals surface area contributed by atoms with E-state index in [1.807, 2.05) is 0 Å². The zero-order valence-electron chi connectivity index (χ0n) is 14.7. The Bertz CT molecular complexity index is 269. The lowest BCUT2D eigenvalue weighted by molar-refractivity contribution is 0.245. The van der Waals surface area contributed by atoms with Gasteiger partial charge in [0, 0.05) is 32.8 Å². The third-order valence-electron chi connectivity index (χ3n) is 3.52. The first-order valence-corrected chi connectivity index (χ1v) is 8.34. The first-order chi connectivity index (χ1) is 10.0. The summed E-state index contributed by atoms with van der Waals surface area (Å²) in [5.74, 6) is 1.99. The highest BCUT2D eigenvalue weighted by atomic mass is 16.3. The molecule has 0 radical (unpaired) electrons. The second kappa shape index (κ2) is 12.9. The molecule has 0 amide bonds. The van der Waals surface area contributed by atoms with Crippen LogP contribution in [0.25, 0.3) is 0 Å². The van der Waals surface area contributed by atoms with Crippen molar-refractivity contribution in [1.29, 1.82) is 0 Å². The third kappa shape index (κ3) is 11.5. The monoisotopic (exact) mass is 300 g/mol. The smallest absolute Gasteiger partial charge is 0.191 e. The molecular weight excluding hydrogens is 264 g/mol. The maximum atomic E-state index is 9.16. The summed E-state index contributed by atoms with van der Waals surface area (Å²) in [7, 11) is 2.12. The number of hydrogen-bond donors (Lipinski definition) is 3. The van der Waals surface area contributed by atoms with Gasteiger partial charge in [-0.2, -0.15) is 0 Å². The van der Waals surface area contributed by atoms with Crippen LogP contribution in [-0.2, 0) is 0 Å². The molecule has 3 N–H and O–H groups in total. The van der Waals surface area contributed by atoms with E-state index in [-0.39, 0.29) is 6.61 Å². The molecule has 0 spiro atoms. The van der Waals surface area contributed by atoms with Crippen LogP contribution in [0.15, 0.2) is 4.99 Å². The predicted octanol–water partition coefficient (Wildman–Crippen LogP) is 1.54. The lowest BCUT2D eigenvalue weighted by Crippen LogP contribution is -2.41. The summed E-state index contributed by atoms with van der Waals surface area (Å²) in [6.07, 6.45) is 1.95. The van der Waals surface area contributed by atoms with E-state index in [1.165, 1.54) is 0 Å². The molecule has 0 saturated heterocycles. The van der Waals surface area contributed by atoms with E-state index in [2.05, 4.69) is 55.3 Å². The zero-order valence-corrected chi connectivity index (χ0v) is 14.7. The second-order valence-corrected chi connectivity index (χ2v) is 6.05. The Balaban J connectivity index is 4.32. The largest absolute Gasteiger partial charge is 0.396 e. The van der Waals surface area contributed by atoms with Crippen LogP contribution in [0.3, 0.4) is 0 Å². The van der Waals surface area contributed by atoms with E-state index < -0.39 is 0 Å². The molecule has 0 bridgehead atoms. The molecule has 1 unspecified atom stereocenters. The van der Waals surface area contributed by atoms with Crippen molar-refractivity contribution in [2.45, 2.75) is 40.5 Å². The Morgan fingerprint density at radius 1 is 1.24 bits per heavy atom. The minimum Gasteiger partial charge on any atom is -0.396 e. The molecule has 0 aliphatic rings. The van der Waals surface area contributed by atoms with Crippen LogP contribution in [0, 0.1) is 11.8 Å². The summed E-state index contributed by atoms with van der Waals surface area (Å²) in [6.45, 7) is 13.5. The fourth-order valence-corrected chi connectivity index (χ4v) is 2.22. The van der Waals surface area contributed by atoms with Gasteiger partial charge in [-0.05, 0) is 45.2 Å². The number of guanidine groups is 1. The molecule has 5 heteroatoms. The molecule has 0 heterocycles. The Hall–Kier alpha value is -0.810. The van der Waals surface area contributed by atoms with Crippen LogP contribution in [-0.4, -0.2) is 62.3 Å². The summed E-state index contributed by atoms with van der Waals surface area (Å²) in [5.41, 5.74) is 0. The number of aliphatic hydroxyl groups is 1. The van der Waals surface area contributed by atoms with Gasteiger partial charge in [-0.15, -0.1) is 0 Å². The molecule has 0 aromatic carbocycles. The van der Waals surface area contributed by atoms with E-state index >= 15 is 0 Å². The molecule has 0 aromatic heterocycles. The number of likely N-dealkylation sites (N-methyl/N-ethyl adjacent to an activating group) is 1. The van der Waals surface area contributed by atoms with Gasteiger partial charge in [0.05, 0.1) is 0 Å². The van der Waals surface area contributed by atoms with Gasteiger partial charge in [0.2, 0.25) is 0 Å². The lowest BCUT2D eigenvalue weighted by atomic mass is 9.94. The van der Waals surface area contributed by atoms with Crippen LogP contribution in [0.2, 0.25) is 0 Å². The Labute approximate surface area is 131 Å². The molecule has 126 valence electrons. The molecule has 0 aliphatic heterocycles. The van der Waals surface area contributed by atoms with E-state index in [9.17, 15) is 0 Å².